The fourth-order valence-electron chi connectivity index (χ4n) is 3.42. The molecule has 0 atom stereocenters. The van der Waals surface area contributed by atoms with E-state index in [2.05, 4.69) is 47.6 Å². The quantitative estimate of drug-likeness (QED) is 0.166. The van der Waals surface area contributed by atoms with Crippen molar-refractivity contribution in [2.45, 2.75) is 63.4 Å². The number of thioether (sulfide) groups is 1. The number of amides is 1. The summed E-state index contributed by atoms with van der Waals surface area (Å²) in [6.45, 7) is 4.43. The summed E-state index contributed by atoms with van der Waals surface area (Å²) in [5.41, 5.74) is 3.08. The van der Waals surface area contributed by atoms with Crippen molar-refractivity contribution >= 4 is 23.4 Å². The number of nitrogens with zero attached hydrogens (tertiary/aromatic N) is 4. The van der Waals surface area contributed by atoms with Gasteiger partial charge in [0.05, 0.1) is 11.5 Å². The van der Waals surface area contributed by atoms with E-state index in [1.807, 2.05) is 10.6 Å². The number of aromatic nitrogens is 3. The minimum absolute atomic E-state index is 0.0154. The summed E-state index contributed by atoms with van der Waals surface area (Å²) in [5.74, 6) is 1.27. The van der Waals surface area contributed by atoms with Crippen LogP contribution in [0.2, 0.25) is 0 Å². The molecule has 33 heavy (non-hydrogen) atoms. The first-order valence-electron chi connectivity index (χ1n) is 11.1. The maximum absolute atomic E-state index is 12.2. The van der Waals surface area contributed by atoms with E-state index in [0.717, 1.165) is 25.7 Å². The van der Waals surface area contributed by atoms with Crippen LogP contribution in [0.25, 0.3) is 5.69 Å². The normalized spacial score (nSPS) is 10.8. The van der Waals surface area contributed by atoms with Crippen LogP contribution in [0, 0.1) is 17.0 Å². The zero-order valence-electron chi connectivity index (χ0n) is 19.0. The number of non-ortho nitro benzene ring substituents is 1. The van der Waals surface area contributed by atoms with Crippen molar-refractivity contribution < 1.29 is 9.72 Å². The first-order chi connectivity index (χ1) is 16.0. The first kappa shape index (κ1) is 24.4. The lowest BCUT2D eigenvalue weighted by Gasteiger charge is -2.11. The zero-order valence-corrected chi connectivity index (χ0v) is 19.8. The maximum Gasteiger partial charge on any atom is 0.269 e. The molecule has 9 heteroatoms. The number of nitrogens with one attached hydrogen (secondary N) is 1. The van der Waals surface area contributed by atoms with Crippen molar-refractivity contribution in [3.8, 4) is 5.69 Å². The maximum atomic E-state index is 12.2. The number of hydrogen-bond acceptors (Lipinski definition) is 6. The molecule has 0 bridgehead atoms. The molecule has 0 spiro atoms. The average molecular weight is 468 g/mol. The van der Waals surface area contributed by atoms with Crippen molar-refractivity contribution in [3.05, 3.63) is 75.6 Å². The van der Waals surface area contributed by atoms with Crippen LogP contribution in [0.15, 0.2) is 53.7 Å². The Morgan fingerprint density at radius 2 is 1.91 bits per heavy atom. The molecule has 0 aliphatic rings. The van der Waals surface area contributed by atoms with E-state index in [-0.39, 0.29) is 18.1 Å². The third kappa shape index (κ3) is 7.15. The number of nitro benzene ring substituents is 1. The summed E-state index contributed by atoms with van der Waals surface area (Å²) >= 11 is 1.53. The van der Waals surface area contributed by atoms with Crippen molar-refractivity contribution in [3.63, 3.8) is 0 Å². The number of hydrogen-bond donors (Lipinski definition) is 1. The highest BCUT2D eigenvalue weighted by atomic mass is 32.2. The molecule has 0 fully saturated rings. The van der Waals surface area contributed by atoms with Gasteiger partial charge in [0.25, 0.3) is 5.69 Å². The van der Waals surface area contributed by atoms with Gasteiger partial charge in [0.15, 0.2) is 11.0 Å². The molecule has 0 aliphatic heterocycles. The van der Waals surface area contributed by atoms with Gasteiger partial charge in [-0.05, 0) is 31.0 Å². The molecule has 1 amide bonds. The highest BCUT2D eigenvalue weighted by Crippen LogP contribution is 2.26. The van der Waals surface area contributed by atoms with Crippen molar-refractivity contribution in [1.29, 1.82) is 0 Å². The van der Waals surface area contributed by atoms with Crippen LogP contribution in [0.4, 0.5) is 5.69 Å². The minimum Gasteiger partial charge on any atom is -0.349 e. The molecule has 0 unspecified atom stereocenters. The van der Waals surface area contributed by atoms with Crippen molar-refractivity contribution in [2.75, 3.05) is 0 Å². The summed E-state index contributed by atoms with van der Waals surface area (Å²) in [4.78, 5) is 22.9. The molecular weight excluding hydrogens is 438 g/mol. The Kier molecular flexibility index (Phi) is 9.00. The molecule has 1 aromatic heterocycles. The monoisotopic (exact) mass is 467 g/mol. The smallest absolute Gasteiger partial charge is 0.269 e. The Bertz CT molecular complexity index is 1080. The van der Waals surface area contributed by atoms with Gasteiger partial charge >= 0.3 is 0 Å². The number of nitro groups is 1. The number of carbonyl (C=O) groups excluding carboxylic acids is 1. The minimum atomic E-state index is -0.428. The van der Waals surface area contributed by atoms with E-state index in [1.54, 1.807) is 12.1 Å². The zero-order chi connectivity index (χ0) is 23.6. The number of unbranched alkanes of at least 4 members (excludes halogenated alkanes) is 3. The second kappa shape index (κ2) is 12.2. The molecule has 0 aliphatic carbocycles. The van der Waals surface area contributed by atoms with Crippen LogP contribution in [0.1, 0.15) is 56.0 Å². The predicted molar refractivity (Wildman–Crippen MR) is 129 cm³/mol. The van der Waals surface area contributed by atoms with Gasteiger partial charge in [0.2, 0.25) is 5.91 Å². The Labute approximate surface area is 198 Å². The molecular formula is C24H29N5O3S. The first-order valence-corrected chi connectivity index (χ1v) is 12.1. The Morgan fingerprint density at radius 3 is 2.61 bits per heavy atom. The largest absolute Gasteiger partial charge is 0.349 e. The van der Waals surface area contributed by atoms with E-state index >= 15 is 0 Å². The van der Waals surface area contributed by atoms with E-state index in [1.165, 1.54) is 35.0 Å². The van der Waals surface area contributed by atoms with Crippen LogP contribution in [-0.2, 0) is 17.1 Å². The molecule has 174 valence electrons. The van der Waals surface area contributed by atoms with Gasteiger partial charge < -0.3 is 5.32 Å². The number of benzene rings is 2. The van der Waals surface area contributed by atoms with Gasteiger partial charge in [0, 0.05) is 30.0 Å². The van der Waals surface area contributed by atoms with E-state index < -0.39 is 4.92 Å². The van der Waals surface area contributed by atoms with Gasteiger partial charge in [-0.15, -0.1) is 10.2 Å². The third-order valence-corrected chi connectivity index (χ3v) is 6.17. The fourth-order valence-corrected chi connectivity index (χ4v) is 4.33. The molecule has 3 aromatic rings. The highest BCUT2D eigenvalue weighted by molar-refractivity contribution is 7.98. The molecule has 2 aromatic carbocycles. The third-order valence-electron chi connectivity index (χ3n) is 5.17. The SMILES string of the molecule is CCCCCCC(=O)NCc1nnc(SCc2cccc(C)c2)n1-c1ccc([N+](=O)[O-])cc1. The standard InChI is InChI=1S/C24H29N5O3S/c1-3-4-5-6-10-23(30)25-16-22-26-27-24(33-17-19-9-7-8-18(2)15-19)28(22)20-11-13-21(14-12-20)29(31)32/h7-9,11-15H,3-6,10,16-17H2,1-2H3,(H,25,30). The molecule has 1 N–H and O–H groups in total. The lowest BCUT2D eigenvalue weighted by molar-refractivity contribution is -0.384. The Balaban J connectivity index is 1.77. The van der Waals surface area contributed by atoms with Gasteiger partial charge in [-0.3, -0.25) is 19.5 Å². The summed E-state index contributed by atoms with van der Waals surface area (Å²) < 4.78 is 1.85. The van der Waals surface area contributed by atoms with Crippen LogP contribution in [-0.4, -0.2) is 25.6 Å². The lowest BCUT2D eigenvalue weighted by atomic mass is 10.1. The second-order valence-electron chi connectivity index (χ2n) is 7.87. The van der Waals surface area contributed by atoms with E-state index in [0.29, 0.717) is 28.8 Å². The molecule has 3 rings (SSSR count). The van der Waals surface area contributed by atoms with Crippen LogP contribution < -0.4 is 5.32 Å². The van der Waals surface area contributed by atoms with Crippen LogP contribution >= 0.6 is 11.8 Å². The molecule has 0 saturated heterocycles. The summed E-state index contributed by atoms with van der Waals surface area (Å²) in [6, 6.07) is 14.5. The van der Waals surface area contributed by atoms with Gasteiger partial charge in [-0.25, -0.2) is 0 Å². The van der Waals surface area contributed by atoms with Crippen molar-refractivity contribution in [1.82, 2.24) is 20.1 Å². The van der Waals surface area contributed by atoms with E-state index in [4.69, 9.17) is 0 Å². The van der Waals surface area contributed by atoms with E-state index in [9.17, 15) is 14.9 Å². The second-order valence-corrected chi connectivity index (χ2v) is 8.82. The summed E-state index contributed by atoms with van der Waals surface area (Å²) in [6.07, 6.45) is 4.65. The van der Waals surface area contributed by atoms with Crippen LogP contribution in [0.3, 0.4) is 0 Å². The number of rotatable bonds is 12. The molecule has 8 nitrogen and oxygen atoms in total. The molecule has 0 radical (unpaired) electrons. The van der Waals surface area contributed by atoms with Gasteiger partial charge in [-0.2, -0.15) is 0 Å². The number of aryl methyl sites for hydroxylation is 1. The Hall–Kier alpha value is -3.20. The van der Waals surface area contributed by atoms with Gasteiger partial charge in [-0.1, -0.05) is 67.8 Å². The topological polar surface area (TPSA) is 103 Å². The fraction of sp³-hybridized carbons (Fsp3) is 0.375. The predicted octanol–water partition coefficient (Wildman–Crippen LogP) is 5.36. The van der Waals surface area contributed by atoms with Crippen molar-refractivity contribution in [2.24, 2.45) is 0 Å². The average Bonchev–Trinajstić information content (AvgIpc) is 3.22. The Morgan fingerprint density at radius 1 is 1.12 bits per heavy atom. The number of carbonyl (C=O) groups is 1. The summed E-state index contributed by atoms with van der Waals surface area (Å²) in [5, 5.41) is 23.3. The lowest BCUT2D eigenvalue weighted by Crippen LogP contribution is -2.24. The summed E-state index contributed by atoms with van der Waals surface area (Å²) in [7, 11) is 0. The molecule has 0 saturated carbocycles. The molecule has 1 heterocycles. The van der Waals surface area contributed by atoms with Crippen LogP contribution in [0.5, 0.6) is 0 Å². The van der Waals surface area contributed by atoms with Gasteiger partial charge in [0.1, 0.15) is 0 Å². The highest BCUT2D eigenvalue weighted by Gasteiger charge is 2.17.